The van der Waals surface area contributed by atoms with Gasteiger partial charge in [0.2, 0.25) is 5.91 Å². The molecule has 0 aliphatic carbocycles. The number of halogens is 3. The van der Waals surface area contributed by atoms with Crippen LogP contribution in [-0.4, -0.2) is 49.6 Å². The Morgan fingerprint density at radius 2 is 2.09 bits per heavy atom. The fraction of sp³-hybridized carbons (Fsp3) is 0.467. The summed E-state index contributed by atoms with van der Waals surface area (Å²) in [5.41, 5.74) is -1.69. The zero-order valence-electron chi connectivity index (χ0n) is 12.8. The van der Waals surface area contributed by atoms with Gasteiger partial charge in [0.25, 0.3) is 5.91 Å². The molecule has 1 unspecified atom stereocenters. The van der Waals surface area contributed by atoms with E-state index in [9.17, 15) is 18.4 Å². The van der Waals surface area contributed by atoms with Crippen LogP contribution in [0.25, 0.3) is 0 Å². The molecule has 0 aromatic heterocycles. The van der Waals surface area contributed by atoms with Crippen LogP contribution in [0.1, 0.15) is 23.2 Å². The second-order valence-electron chi connectivity index (χ2n) is 5.35. The van der Waals surface area contributed by atoms with Crippen molar-refractivity contribution < 1.29 is 23.1 Å². The summed E-state index contributed by atoms with van der Waals surface area (Å²) < 4.78 is 32.7. The van der Waals surface area contributed by atoms with E-state index in [0.29, 0.717) is 12.8 Å². The number of likely N-dealkylation sites (N-methyl/N-ethyl adjacent to an activating group) is 1. The van der Waals surface area contributed by atoms with Crippen LogP contribution in [0.5, 0.6) is 0 Å². The average Bonchev–Trinajstić information content (AvgIpc) is 2.94. The number of ether oxygens (including phenoxy) is 1. The first kappa shape index (κ1) is 17.6. The number of hydrogen-bond donors (Lipinski definition) is 1. The van der Waals surface area contributed by atoms with E-state index in [2.05, 4.69) is 5.32 Å². The van der Waals surface area contributed by atoms with Crippen LogP contribution in [-0.2, 0) is 9.53 Å². The third kappa shape index (κ3) is 3.03. The number of hydrogen-bond acceptors (Lipinski definition) is 3. The van der Waals surface area contributed by atoms with Crippen LogP contribution in [0.2, 0.25) is 5.02 Å². The molecule has 0 saturated carbocycles. The molecule has 1 atom stereocenters. The van der Waals surface area contributed by atoms with Crippen LogP contribution >= 0.6 is 11.6 Å². The van der Waals surface area contributed by atoms with Gasteiger partial charge in [-0.15, -0.1) is 0 Å². The first-order chi connectivity index (χ1) is 10.9. The van der Waals surface area contributed by atoms with Crippen molar-refractivity contribution in [1.29, 1.82) is 0 Å². The monoisotopic (exact) mass is 346 g/mol. The topological polar surface area (TPSA) is 58.6 Å². The van der Waals surface area contributed by atoms with Gasteiger partial charge in [-0.25, -0.2) is 8.78 Å². The summed E-state index contributed by atoms with van der Waals surface area (Å²) in [6.45, 7) is 0.218. The molecule has 1 fully saturated rings. The first-order valence-corrected chi connectivity index (χ1v) is 7.43. The highest BCUT2D eigenvalue weighted by atomic mass is 35.5. The third-order valence-electron chi connectivity index (χ3n) is 4.01. The fourth-order valence-electron chi connectivity index (χ4n) is 2.93. The van der Waals surface area contributed by atoms with E-state index < -0.39 is 39.6 Å². The Kier molecular flexibility index (Phi) is 5.21. The number of amides is 2. The largest absolute Gasteiger partial charge is 0.382 e. The van der Waals surface area contributed by atoms with Crippen LogP contribution in [0.3, 0.4) is 0 Å². The van der Waals surface area contributed by atoms with Crippen molar-refractivity contribution >= 4 is 23.4 Å². The molecule has 1 aliphatic heterocycles. The highest BCUT2D eigenvalue weighted by Crippen LogP contribution is 2.32. The van der Waals surface area contributed by atoms with Gasteiger partial charge in [0.05, 0.1) is 17.2 Å². The summed E-state index contributed by atoms with van der Waals surface area (Å²) in [6.07, 6.45) is 0.935. The van der Waals surface area contributed by atoms with Gasteiger partial charge in [-0.1, -0.05) is 11.6 Å². The summed E-state index contributed by atoms with van der Waals surface area (Å²) in [5.74, 6) is -3.00. The molecule has 0 spiro atoms. The number of nitrogens with zero attached hydrogens (tertiary/aromatic N) is 1. The Morgan fingerprint density at radius 3 is 2.70 bits per heavy atom. The maximum absolute atomic E-state index is 14.0. The molecule has 1 aliphatic rings. The quantitative estimate of drug-likeness (QED) is 0.848. The summed E-state index contributed by atoms with van der Waals surface area (Å²) in [6, 6.07) is 1.50. The van der Waals surface area contributed by atoms with E-state index in [1.54, 1.807) is 0 Å². The zero-order valence-corrected chi connectivity index (χ0v) is 13.5. The van der Waals surface area contributed by atoms with Gasteiger partial charge < -0.3 is 15.0 Å². The maximum Gasteiger partial charge on any atom is 0.257 e. The van der Waals surface area contributed by atoms with Gasteiger partial charge in [0, 0.05) is 20.7 Å². The average molecular weight is 347 g/mol. The highest BCUT2D eigenvalue weighted by Gasteiger charge is 2.50. The summed E-state index contributed by atoms with van der Waals surface area (Å²) in [4.78, 5) is 26.2. The number of benzene rings is 1. The van der Waals surface area contributed by atoms with Crippen molar-refractivity contribution in [2.75, 3.05) is 27.3 Å². The predicted molar refractivity (Wildman–Crippen MR) is 80.3 cm³/mol. The molecule has 8 heteroatoms. The highest BCUT2D eigenvalue weighted by molar-refractivity contribution is 6.30. The molecule has 1 aromatic carbocycles. The fourth-order valence-corrected chi connectivity index (χ4v) is 3.08. The molecule has 1 N–H and O–H groups in total. The minimum absolute atomic E-state index is 0.0316. The molecule has 5 nitrogen and oxygen atoms in total. The molecule has 0 radical (unpaired) electrons. The molecular weight excluding hydrogens is 330 g/mol. The lowest BCUT2D eigenvalue weighted by Gasteiger charge is -2.36. The van der Waals surface area contributed by atoms with Gasteiger partial charge in [-0.3, -0.25) is 9.59 Å². The predicted octanol–water partition coefficient (Wildman–Crippen LogP) is 1.99. The Balaban J connectivity index is 2.44. The van der Waals surface area contributed by atoms with Crippen LogP contribution in [0, 0.1) is 11.6 Å². The van der Waals surface area contributed by atoms with E-state index >= 15 is 0 Å². The Bertz CT molecular complexity index is 641. The van der Waals surface area contributed by atoms with Crippen molar-refractivity contribution in [2.24, 2.45) is 0 Å². The smallest absolute Gasteiger partial charge is 0.257 e. The minimum Gasteiger partial charge on any atom is -0.382 e. The van der Waals surface area contributed by atoms with Crippen LogP contribution in [0.4, 0.5) is 8.78 Å². The van der Waals surface area contributed by atoms with E-state index in [0.717, 1.165) is 12.1 Å². The Labute approximate surface area is 137 Å². The van der Waals surface area contributed by atoms with Gasteiger partial charge in [0.1, 0.15) is 17.2 Å². The molecule has 1 aromatic rings. The molecule has 1 heterocycles. The van der Waals surface area contributed by atoms with Gasteiger partial charge in [-0.05, 0) is 25.0 Å². The number of nitrogens with one attached hydrogen (secondary N) is 1. The van der Waals surface area contributed by atoms with Crippen molar-refractivity contribution in [2.45, 2.75) is 18.4 Å². The number of methoxy groups -OCH3 is 1. The van der Waals surface area contributed by atoms with E-state index in [-0.39, 0.29) is 13.2 Å². The van der Waals surface area contributed by atoms with E-state index in [1.807, 2.05) is 0 Å². The normalized spacial score (nSPS) is 20.7. The Morgan fingerprint density at radius 1 is 1.39 bits per heavy atom. The molecule has 0 bridgehead atoms. The van der Waals surface area contributed by atoms with Crippen molar-refractivity contribution in [1.82, 2.24) is 10.2 Å². The van der Waals surface area contributed by atoms with Gasteiger partial charge >= 0.3 is 0 Å². The van der Waals surface area contributed by atoms with Crippen molar-refractivity contribution in [3.8, 4) is 0 Å². The Hall–Kier alpha value is -1.73. The molecule has 2 amide bonds. The standard InChI is InChI=1S/C15H17ClF2N2O3/c1-19-14(22)15(8-23-2)4-3-5-20(15)13(21)9-6-12(18)10(16)7-11(9)17/h6-7H,3-5,8H2,1-2H3,(H,19,22). The summed E-state index contributed by atoms with van der Waals surface area (Å²) in [7, 11) is 2.86. The molecule has 1 saturated heterocycles. The lowest BCUT2D eigenvalue weighted by Crippen LogP contribution is -2.59. The van der Waals surface area contributed by atoms with E-state index in [1.165, 1.54) is 19.1 Å². The summed E-state index contributed by atoms with van der Waals surface area (Å²) >= 11 is 5.50. The number of carbonyl (C=O) groups excluding carboxylic acids is 2. The molecular formula is C15H17ClF2N2O3. The molecule has 126 valence electrons. The second-order valence-corrected chi connectivity index (χ2v) is 5.76. The molecule has 2 rings (SSSR count). The van der Waals surface area contributed by atoms with Gasteiger partial charge in [0.15, 0.2) is 0 Å². The van der Waals surface area contributed by atoms with Crippen LogP contribution < -0.4 is 5.32 Å². The van der Waals surface area contributed by atoms with Crippen molar-refractivity contribution in [3.63, 3.8) is 0 Å². The second kappa shape index (κ2) is 6.80. The lowest BCUT2D eigenvalue weighted by atomic mass is 9.95. The first-order valence-electron chi connectivity index (χ1n) is 7.05. The maximum atomic E-state index is 14.0. The number of likely N-dealkylation sites (tertiary alicyclic amines) is 1. The molecule has 23 heavy (non-hydrogen) atoms. The number of rotatable bonds is 4. The van der Waals surface area contributed by atoms with E-state index in [4.69, 9.17) is 16.3 Å². The van der Waals surface area contributed by atoms with Crippen LogP contribution in [0.15, 0.2) is 12.1 Å². The zero-order chi connectivity index (χ0) is 17.2. The lowest BCUT2D eigenvalue weighted by molar-refractivity contribution is -0.133. The van der Waals surface area contributed by atoms with Crippen molar-refractivity contribution in [3.05, 3.63) is 34.4 Å². The van der Waals surface area contributed by atoms with Gasteiger partial charge in [-0.2, -0.15) is 0 Å². The number of carbonyl (C=O) groups is 2. The minimum atomic E-state index is -1.23. The third-order valence-corrected chi connectivity index (χ3v) is 4.30. The summed E-state index contributed by atoms with van der Waals surface area (Å²) in [5, 5.41) is 2.09. The SMILES string of the molecule is CNC(=O)C1(COC)CCCN1C(=O)c1cc(F)c(Cl)cc1F.